The minimum atomic E-state index is -0.0930. The molecule has 2 heterocycles. The first-order chi connectivity index (χ1) is 13.3. The topological polar surface area (TPSA) is 58.4 Å². The van der Waals surface area contributed by atoms with E-state index in [1.807, 2.05) is 24.3 Å². The average molecular weight is 359 g/mol. The smallest absolute Gasteiger partial charge is 0.251 e. The maximum Gasteiger partial charge on any atom is 0.251 e. The standard InChI is InChI=1S/C22H21N3O2/c26-22(23-12-19-11-21(27-24-19)15-8-9-15)16-6-3-7-20(10-16)25-13-17-4-1-2-5-18(17)14-25/h1-7,10-11,15H,8-9,12-14H2,(H,23,26). The molecule has 1 N–H and O–H groups in total. The van der Waals surface area contributed by atoms with Gasteiger partial charge in [0.25, 0.3) is 5.91 Å². The van der Waals surface area contributed by atoms with Crippen LogP contribution in [0.15, 0.2) is 59.1 Å². The Morgan fingerprint density at radius 3 is 2.59 bits per heavy atom. The fourth-order valence-corrected chi connectivity index (χ4v) is 3.60. The first kappa shape index (κ1) is 16.1. The van der Waals surface area contributed by atoms with E-state index in [1.54, 1.807) is 0 Å². The van der Waals surface area contributed by atoms with E-state index in [4.69, 9.17) is 4.52 Å². The van der Waals surface area contributed by atoms with Crippen molar-refractivity contribution in [1.29, 1.82) is 0 Å². The Balaban J connectivity index is 1.25. The summed E-state index contributed by atoms with van der Waals surface area (Å²) in [7, 11) is 0. The highest BCUT2D eigenvalue weighted by molar-refractivity contribution is 5.95. The molecule has 0 atom stereocenters. The SMILES string of the molecule is O=C(NCc1cc(C2CC2)on1)c1cccc(N2Cc3ccccc3C2)c1. The van der Waals surface area contributed by atoms with Crippen LogP contribution in [0.3, 0.4) is 0 Å². The normalized spacial score (nSPS) is 15.6. The van der Waals surface area contributed by atoms with Crippen LogP contribution in [0.2, 0.25) is 0 Å². The van der Waals surface area contributed by atoms with E-state index in [9.17, 15) is 4.79 Å². The highest BCUT2D eigenvalue weighted by Gasteiger charge is 2.27. The van der Waals surface area contributed by atoms with Crippen molar-refractivity contribution >= 4 is 11.6 Å². The minimum Gasteiger partial charge on any atom is -0.363 e. The molecular formula is C22H21N3O2. The van der Waals surface area contributed by atoms with Gasteiger partial charge in [-0.05, 0) is 42.2 Å². The lowest BCUT2D eigenvalue weighted by atomic mass is 10.1. The maximum absolute atomic E-state index is 12.6. The predicted octanol–water partition coefficient (Wildman–Crippen LogP) is 4.00. The summed E-state index contributed by atoms with van der Waals surface area (Å²) >= 11 is 0. The van der Waals surface area contributed by atoms with Gasteiger partial charge in [0.1, 0.15) is 11.5 Å². The second-order valence-corrected chi connectivity index (χ2v) is 7.35. The molecule has 3 aromatic rings. The van der Waals surface area contributed by atoms with Gasteiger partial charge in [-0.15, -0.1) is 0 Å². The lowest BCUT2D eigenvalue weighted by Gasteiger charge is -2.18. The highest BCUT2D eigenvalue weighted by Crippen LogP contribution is 2.40. The van der Waals surface area contributed by atoms with Crippen LogP contribution < -0.4 is 10.2 Å². The largest absolute Gasteiger partial charge is 0.363 e. The number of rotatable bonds is 5. The zero-order valence-electron chi connectivity index (χ0n) is 15.0. The van der Waals surface area contributed by atoms with E-state index in [2.05, 4.69) is 45.7 Å². The molecule has 1 aliphatic heterocycles. The molecule has 2 aliphatic rings. The third-order valence-electron chi connectivity index (χ3n) is 5.30. The van der Waals surface area contributed by atoms with Crippen molar-refractivity contribution in [2.45, 2.75) is 38.4 Å². The summed E-state index contributed by atoms with van der Waals surface area (Å²) in [5.74, 6) is 1.38. The molecule has 1 aliphatic carbocycles. The van der Waals surface area contributed by atoms with Crippen LogP contribution in [0.4, 0.5) is 5.69 Å². The van der Waals surface area contributed by atoms with Crippen LogP contribution in [0, 0.1) is 0 Å². The summed E-state index contributed by atoms with van der Waals surface area (Å²) in [6.07, 6.45) is 2.35. The lowest BCUT2D eigenvalue weighted by Crippen LogP contribution is -2.23. The van der Waals surface area contributed by atoms with E-state index in [0.29, 0.717) is 18.0 Å². The van der Waals surface area contributed by atoms with Gasteiger partial charge in [0, 0.05) is 36.3 Å². The van der Waals surface area contributed by atoms with Gasteiger partial charge in [-0.2, -0.15) is 0 Å². The summed E-state index contributed by atoms with van der Waals surface area (Å²) in [6, 6.07) is 18.2. The van der Waals surface area contributed by atoms with Crippen LogP contribution >= 0.6 is 0 Å². The summed E-state index contributed by atoms with van der Waals surface area (Å²) < 4.78 is 5.34. The summed E-state index contributed by atoms with van der Waals surface area (Å²) in [6.45, 7) is 2.14. The number of hydrogen-bond donors (Lipinski definition) is 1. The predicted molar refractivity (Wildman–Crippen MR) is 102 cm³/mol. The van der Waals surface area contributed by atoms with Crippen LogP contribution in [-0.4, -0.2) is 11.1 Å². The first-order valence-corrected chi connectivity index (χ1v) is 9.42. The number of nitrogens with one attached hydrogen (secondary N) is 1. The molecule has 1 fully saturated rings. The van der Waals surface area contributed by atoms with Gasteiger partial charge >= 0.3 is 0 Å². The Kier molecular flexibility index (Phi) is 3.93. The van der Waals surface area contributed by atoms with E-state index in [1.165, 1.54) is 24.0 Å². The van der Waals surface area contributed by atoms with E-state index in [-0.39, 0.29) is 5.91 Å². The van der Waals surface area contributed by atoms with Gasteiger partial charge in [-0.3, -0.25) is 4.79 Å². The molecule has 0 radical (unpaired) electrons. The third kappa shape index (κ3) is 3.33. The van der Waals surface area contributed by atoms with Gasteiger partial charge in [-0.25, -0.2) is 0 Å². The maximum atomic E-state index is 12.6. The van der Waals surface area contributed by atoms with Gasteiger partial charge < -0.3 is 14.7 Å². The van der Waals surface area contributed by atoms with Gasteiger partial charge in [-0.1, -0.05) is 35.5 Å². The Morgan fingerprint density at radius 2 is 1.85 bits per heavy atom. The van der Waals surface area contributed by atoms with Crippen molar-refractivity contribution in [3.05, 3.63) is 82.7 Å². The average Bonchev–Trinajstić information content (AvgIpc) is 3.28. The number of anilines is 1. The van der Waals surface area contributed by atoms with Crippen molar-refractivity contribution in [1.82, 2.24) is 10.5 Å². The van der Waals surface area contributed by atoms with Gasteiger partial charge in [0.15, 0.2) is 0 Å². The van der Waals surface area contributed by atoms with E-state index >= 15 is 0 Å². The van der Waals surface area contributed by atoms with Crippen LogP contribution in [-0.2, 0) is 19.6 Å². The zero-order chi connectivity index (χ0) is 18.2. The van der Waals surface area contributed by atoms with Crippen molar-refractivity contribution < 1.29 is 9.32 Å². The molecule has 5 heteroatoms. The van der Waals surface area contributed by atoms with Crippen molar-refractivity contribution in [2.24, 2.45) is 0 Å². The quantitative estimate of drug-likeness (QED) is 0.748. The highest BCUT2D eigenvalue weighted by atomic mass is 16.5. The molecule has 5 rings (SSSR count). The van der Waals surface area contributed by atoms with E-state index < -0.39 is 0 Å². The number of carbonyl (C=O) groups is 1. The van der Waals surface area contributed by atoms with Crippen molar-refractivity contribution in [3.8, 4) is 0 Å². The van der Waals surface area contributed by atoms with Crippen LogP contribution in [0.5, 0.6) is 0 Å². The fourth-order valence-electron chi connectivity index (χ4n) is 3.60. The summed E-state index contributed by atoms with van der Waals surface area (Å²) in [4.78, 5) is 14.9. The molecule has 2 aromatic carbocycles. The number of benzene rings is 2. The monoisotopic (exact) mass is 359 g/mol. The number of aromatic nitrogens is 1. The fraction of sp³-hybridized carbons (Fsp3) is 0.273. The number of amides is 1. The molecule has 27 heavy (non-hydrogen) atoms. The Bertz CT molecular complexity index is 965. The molecule has 0 unspecified atom stereocenters. The molecule has 1 aromatic heterocycles. The Hall–Kier alpha value is -3.08. The third-order valence-corrected chi connectivity index (χ3v) is 5.30. The number of carbonyl (C=O) groups excluding carboxylic acids is 1. The molecule has 0 saturated heterocycles. The Morgan fingerprint density at radius 1 is 1.07 bits per heavy atom. The molecule has 1 saturated carbocycles. The Labute approximate surface area is 158 Å². The summed E-state index contributed by atoms with van der Waals surface area (Å²) in [5, 5.41) is 6.99. The molecule has 136 valence electrons. The van der Waals surface area contributed by atoms with Gasteiger partial charge in [0.05, 0.1) is 6.54 Å². The van der Waals surface area contributed by atoms with E-state index in [0.717, 1.165) is 30.2 Å². The molecule has 1 amide bonds. The molecule has 5 nitrogen and oxygen atoms in total. The minimum absolute atomic E-state index is 0.0930. The van der Waals surface area contributed by atoms with Crippen LogP contribution in [0.1, 0.15) is 51.7 Å². The number of nitrogens with zero attached hydrogens (tertiary/aromatic N) is 2. The lowest BCUT2D eigenvalue weighted by molar-refractivity contribution is 0.0950. The molecule has 0 spiro atoms. The number of fused-ring (bicyclic) bond motifs is 1. The molecule has 0 bridgehead atoms. The van der Waals surface area contributed by atoms with Gasteiger partial charge in [0.2, 0.25) is 0 Å². The first-order valence-electron chi connectivity index (χ1n) is 9.42. The van der Waals surface area contributed by atoms with Crippen molar-refractivity contribution in [2.75, 3.05) is 4.90 Å². The van der Waals surface area contributed by atoms with Crippen molar-refractivity contribution in [3.63, 3.8) is 0 Å². The molecular weight excluding hydrogens is 338 g/mol. The summed E-state index contributed by atoms with van der Waals surface area (Å²) in [5.41, 5.74) is 5.21. The van der Waals surface area contributed by atoms with Crippen LogP contribution in [0.25, 0.3) is 0 Å². The second-order valence-electron chi connectivity index (χ2n) is 7.35. The second kappa shape index (κ2) is 6.58. The number of hydrogen-bond acceptors (Lipinski definition) is 4. The zero-order valence-corrected chi connectivity index (χ0v) is 15.0.